The second-order valence-corrected chi connectivity index (χ2v) is 8.62. The molecule has 2 atom stereocenters. The Balaban J connectivity index is 1.61. The highest BCUT2D eigenvalue weighted by Crippen LogP contribution is 2.22. The molecule has 3 rings (SSSR count). The number of hydrogen-bond acceptors (Lipinski definition) is 4. The Morgan fingerprint density at radius 2 is 2.06 bits per heavy atom. The molecule has 1 N–H and O–H groups in total. The van der Waals surface area contributed by atoms with Crippen molar-refractivity contribution in [3.05, 3.63) is 53.6 Å². The number of hydrogen-bond donors (Lipinski definition) is 1. The summed E-state index contributed by atoms with van der Waals surface area (Å²) in [5.41, 5.74) is 0.120. The van der Waals surface area contributed by atoms with E-state index in [1.807, 2.05) is 22.9 Å². The molecule has 1 aromatic heterocycles. The summed E-state index contributed by atoms with van der Waals surface area (Å²) >= 11 is 12.4. The molecule has 1 saturated heterocycles. The van der Waals surface area contributed by atoms with Crippen LogP contribution in [0.4, 0.5) is 0 Å². The van der Waals surface area contributed by atoms with Crippen LogP contribution in [0.15, 0.2) is 43.0 Å². The quantitative estimate of drug-likeness (QED) is 0.239. The Labute approximate surface area is 202 Å². The van der Waals surface area contributed by atoms with Gasteiger partial charge in [-0.2, -0.15) is 0 Å². The van der Waals surface area contributed by atoms with Gasteiger partial charge in [-0.15, -0.1) is 6.42 Å². The van der Waals surface area contributed by atoms with Crippen molar-refractivity contribution in [1.82, 2.24) is 24.7 Å². The van der Waals surface area contributed by atoms with Crippen LogP contribution in [0.5, 0.6) is 0 Å². The van der Waals surface area contributed by atoms with Gasteiger partial charge in [-0.3, -0.25) is 14.4 Å². The highest BCUT2D eigenvalue weighted by atomic mass is 35.5. The molecule has 2 unspecified atom stereocenters. The fourth-order valence-corrected chi connectivity index (χ4v) is 4.10. The number of piperazine rings is 1. The second kappa shape index (κ2) is 11.7. The molecule has 0 aliphatic carbocycles. The number of aryl methyl sites for hydroxylation is 1. The number of carbonyl (C=O) groups is 3. The highest BCUT2D eigenvalue weighted by molar-refractivity contribution is 6.30. The monoisotopic (exact) mass is 489 g/mol. The molecular weight excluding hydrogens is 465 g/mol. The summed E-state index contributed by atoms with van der Waals surface area (Å²) < 4.78 is 1.91. The average Bonchev–Trinajstić information content (AvgIpc) is 3.31. The van der Waals surface area contributed by atoms with Gasteiger partial charge in [0.05, 0.1) is 19.3 Å². The summed E-state index contributed by atoms with van der Waals surface area (Å²) in [6.07, 6.45) is 11.5. The number of imidazole rings is 1. The fraction of sp³-hybridized carbons (Fsp3) is 0.391. The van der Waals surface area contributed by atoms with Crippen LogP contribution < -0.4 is 5.32 Å². The number of amides is 3. The SMILES string of the molecule is C#CCN1C(=O)CN(C(Cl)Cc2ccc(Cl)cc2)C(=O)C1CC(=O)NCCCn1ccnc1. The maximum atomic E-state index is 13.2. The maximum Gasteiger partial charge on any atom is 0.247 e. The molecule has 1 fully saturated rings. The number of halogens is 2. The Morgan fingerprint density at radius 1 is 1.30 bits per heavy atom. The first-order valence-corrected chi connectivity index (χ1v) is 11.3. The van der Waals surface area contributed by atoms with Gasteiger partial charge in [0, 0.05) is 36.9 Å². The van der Waals surface area contributed by atoms with Gasteiger partial charge in [0.15, 0.2) is 0 Å². The fourth-order valence-electron chi connectivity index (χ4n) is 3.63. The summed E-state index contributed by atoms with van der Waals surface area (Å²) in [4.78, 5) is 45.1. The van der Waals surface area contributed by atoms with Crippen molar-refractivity contribution in [1.29, 1.82) is 0 Å². The molecule has 2 heterocycles. The van der Waals surface area contributed by atoms with Crippen LogP contribution in [0.3, 0.4) is 0 Å². The minimum atomic E-state index is -0.998. The van der Waals surface area contributed by atoms with Gasteiger partial charge < -0.3 is 19.7 Å². The Kier molecular flexibility index (Phi) is 8.75. The molecule has 0 spiro atoms. The molecule has 33 heavy (non-hydrogen) atoms. The van der Waals surface area contributed by atoms with Gasteiger partial charge in [0.1, 0.15) is 18.1 Å². The summed E-state index contributed by atoms with van der Waals surface area (Å²) in [5.74, 6) is 1.33. The molecule has 3 amide bonds. The van der Waals surface area contributed by atoms with Gasteiger partial charge in [-0.1, -0.05) is 41.3 Å². The zero-order valence-corrected chi connectivity index (χ0v) is 19.5. The van der Waals surface area contributed by atoms with Crippen LogP contribution in [-0.4, -0.2) is 68.2 Å². The molecule has 8 nitrogen and oxygen atoms in total. The number of carbonyl (C=O) groups excluding carboxylic acids is 3. The second-order valence-electron chi connectivity index (χ2n) is 7.68. The summed E-state index contributed by atoms with van der Waals surface area (Å²) in [5, 5.41) is 3.39. The van der Waals surface area contributed by atoms with Crippen molar-refractivity contribution in [3.63, 3.8) is 0 Å². The predicted molar refractivity (Wildman–Crippen MR) is 125 cm³/mol. The topological polar surface area (TPSA) is 87.5 Å². The number of terminal acetylenes is 1. The van der Waals surface area contributed by atoms with Gasteiger partial charge in [-0.25, -0.2) is 4.98 Å². The predicted octanol–water partition coefficient (Wildman–Crippen LogP) is 1.91. The Bertz CT molecular complexity index is 1000. The molecule has 1 aliphatic rings. The van der Waals surface area contributed by atoms with E-state index < -0.39 is 17.5 Å². The normalized spacial score (nSPS) is 17.1. The standard InChI is InChI=1S/C23H25Cl2N5O3/c1-2-10-29-19(14-21(31)27-8-3-11-28-12-9-26-16-28)23(33)30(15-22(29)32)20(25)13-17-4-6-18(24)7-5-17/h1,4-7,9,12,16,19-20H,3,8,10-11,13-15H2,(H,27,31). The number of nitrogens with zero attached hydrogens (tertiary/aromatic N) is 4. The molecule has 2 aromatic rings. The third kappa shape index (κ3) is 6.73. The summed E-state index contributed by atoms with van der Waals surface area (Å²) in [6.45, 7) is 0.891. The maximum absolute atomic E-state index is 13.2. The molecule has 1 aromatic carbocycles. The lowest BCUT2D eigenvalue weighted by molar-refractivity contribution is -0.157. The lowest BCUT2D eigenvalue weighted by atomic mass is 10.0. The first-order valence-electron chi connectivity index (χ1n) is 10.5. The minimum Gasteiger partial charge on any atom is -0.356 e. The smallest absolute Gasteiger partial charge is 0.247 e. The van der Waals surface area contributed by atoms with E-state index >= 15 is 0 Å². The molecule has 10 heteroatoms. The lowest BCUT2D eigenvalue weighted by Gasteiger charge is -2.41. The van der Waals surface area contributed by atoms with Crippen LogP contribution in [0.2, 0.25) is 5.02 Å². The molecule has 0 saturated carbocycles. The molecule has 0 bridgehead atoms. The lowest BCUT2D eigenvalue weighted by Crippen LogP contribution is -2.62. The van der Waals surface area contributed by atoms with Crippen molar-refractivity contribution < 1.29 is 14.4 Å². The first-order chi connectivity index (χ1) is 15.9. The minimum absolute atomic E-state index is 0.0544. The van der Waals surface area contributed by atoms with E-state index in [0.29, 0.717) is 31.0 Å². The number of nitrogens with one attached hydrogen (secondary N) is 1. The zero-order chi connectivity index (χ0) is 23.8. The van der Waals surface area contributed by atoms with Gasteiger partial charge >= 0.3 is 0 Å². The number of rotatable bonds is 10. The largest absolute Gasteiger partial charge is 0.356 e. The average molecular weight is 490 g/mol. The van der Waals surface area contributed by atoms with Crippen molar-refractivity contribution in [2.75, 3.05) is 19.6 Å². The number of benzene rings is 1. The van der Waals surface area contributed by atoms with Crippen molar-refractivity contribution in [2.45, 2.75) is 37.4 Å². The highest BCUT2D eigenvalue weighted by Gasteiger charge is 2.42. The van der Waals surface area contributed by atoms with E-state index in [9.17, 15) is 14.4 Å². The Hall–Kier alpha value is -3.02. The van der Waals surface area contributed by atoms with Gasteiger partial charge in [0.25, 0.3) is 0 Å². The molecule has 0 radical (unpaired) electrons. The van der Waals surface area contributed by atoms with Crippen molar-refractivity contribution >= 4 is 40.9 Å². The van der Waals surface area contributed by atoms with Crippen molar-refractivity contribution in [3.8, 4) is 12.3 Å². The zero-order valence-electron chi connectivity index (χ0n) is 18.0. The summed E-state index contributed by atoms with van der Waals surface area (Å²) in [7, 11) is 0. The van der Waals surface area contributed by atoms with Crippen LogP contribution in [0, 0.1) is 12.3 Å². The molecule has 1 aliphatic heterocycles. The van der Waals surface area contributed by atoms with Gasteiger partial charge in [-0.05, 0) is 24.1 Å². The van der Waals surface area contributed by atoms with Gasteiger partial charge in [0.2, 0.25) is 17.7 Å². The first kappa shape index (κ1) is 24.6. The summed E-state index contributed by atoms with van der Waals surface area (Å²) in [6, 6.07) is 6.10. The van der Waals surface area contributed by atoms with Crippen LogP contribution >= 0.6 is 23.2 Å². The van der Waals surface area contributed by atoms with Crippen LogP contribution in [-0.2, 0) is 27.3 Å². The number of alkyl halides is 1. The third-order valence-electron chi connectivity index (χ3n) is 5.34. The van der Waals surface area contributed by atoms with E-state index in [1.54, 1.807) is 24.7 Å². The van der Waals surface area contributed by atoms with Crippen molar-refractivity contribution in [2.24, 2.45) is 0 Å². The molecule has 174 valence electrons. The Morgan fingerprint density at radius 3 is 2.73 bits per heavy atom. The number of aromatic nitrogens is 2. The third-order valence-corrected chi connectivity index (χ3v) is 5.98. The van der Waals surface area contributed by atoms with E-state index in [4.69, 9.17) is 29.6 Å². The van der Waals surface area contributed by atoms with E-state index in [-0.39, 0.29) is 31.3 Å². The van der Waals surface area contributed by atoms with E-state index in [1.165, 1.54) is 9.80 Å². The van der Waals surface area contributed by atoms with Crippen LogP contribution in [0.25, 0.3) is 0 Å². The van der Waals surface area contributed by atoms with E-state index in [2.05, 4.69) is 16.2 Å². The molecular formula is C23H25Cl2N5O3. The van der Waals surface area contributed by atoms with Crippen LogP contribution in [0.1, 0.15) is 18.4 Å². The van der Waals surface area contributed by atoms with E-state index in [0.717, 1.165) is 5.56 Å².